The van der Waals surface area contributed by atoms with E-state index in [4.69, 9.17) is 9.26 Å². The normalized spacial score (nSPS) is 16.9. The Morgan fingerprint density at radius 3 is 2.57 bits per heavy atom. The maximum Gasteiger partial charge on any atom is 0.416 e. The molecule has 2 heterocycles. The third-order valence-corrected chi connectivity index (χ3v) is 5.01. The molecule has 1 unspecified atom stereocenters. The van der Waals surface area contributed by atoms with E-state index in [2.05, 4.69) is 10.1 Å². The molecule has 0 bridgehead atoms. The van der Waals surface area contributed by atoms with Crippen LogP contribution in [-0.4, -0.2) is 29.7 Å². The number of hydrogen-bond donors (Lipinski definition) is 0. The molecule has 3 aromatic rings. The van der Waals surface area contributed by atoms with E-state index in [-0.39, 0.29) is 30.0 Å². The molecular weight excluding hydrogens is 399 g/mol. The van der Waals surface area contributed by atoms with Crippen LogP contribution in [0.5, 0.6) is 5.75 Å². The zero-order chi connectivity index (χ0) is 21.5. The molecule has 0 saturated carbocycles. The number of nitrogens with zero attached hydrogens (tertiary/aromatic N) is 3. The number of alkyl halides is 3. The Bertz CT molecular complexity index is 1080. The summed E-state index contributed by atoms with van der Waals surface area (Å²) >= 11 is 0. The molecule has 2 aromatic carbocycles. The molecule has 6 nitrogen and oxygen atoms in total. The van der Waals surface area contributed by atoms with Gasteiger partial charge in [0, 0.05) is 18.5 Å². The van der Waals surface area contributed by atoms with Crippen molar-refractivity contribution in [1.82, 2.24) is 10.1 Å². The number of carbonyl (C=O) groups is 1. The molecule has 0 N–H and O–H groups in total. The summed E-state index contributed by atoms with van der Waals surface area (Å²) in [6.45, 7) is 2.27. The van der Waals surface area contributed by atoms with Crippen LogP contribution in [0.15, 0.2) is 47.0 Å². The van der Waals surface area contributed by atoms with Crippen molar-refractivity contribution in [1.29, 1.82) is 0 Å². The van der Waals surface area contributed by atoms with E-state index in [0.29, 0.717) is 23.5 Å². The van der Waals surface area contributed by atoms with Gasteiger partial charge in [-0.15, -0.1) is 0 Å². The van der Waals surface area contributed by atoms with Crippen molar-refractivity contribution in [2.45, 2.75) is 25.4 Å². The summed E-state index contributed by atoms with van der Waals surface area (Å²) in [7, 11) is 1.54. The van der Waals surface area contributed by atoms with Gasteiger partial charge < -0.3 is 14.2 Å². The molecule has 0 radical (unpaired) electrons. The lowest BCUT2D eigenvalue weighted by Crippen LogP contribution is -2.25. The predicted octanol–water partition coefficient (Wildman–Crippen LogP) is 4.59. The lowest BCUT2D eigenvalue weighted by atomic mass is 10.1. The van der Waals surface area contributed by atoms with Gasteiger partial charge in [0.25, 0.3) is 0 Å². The number of rotatable bonds is 4. The van der Waals surface area contributed by atoms with E-state index < -0.39 is 11.7 Å². The van der Waals surface area contributed by atoms with Gasteiger partial charge >= 0.3 is 6.18 Å². The molecule has 0 aliphatic carbocycles. The molecular formula is C21H18F3N3O3. The highest BCUT2D eigenvalue weighted by Gasteiger charge is 2.36. The first-order valence-electron chi connectivity index (χ1n) is 9.22. The number of halogens is 3. The third-order valence-electron chi connectivity index (χ3n) is 5.01. The summed E-state index contributed by atoms with van der Waals surface area (Å²) in [5, 5.41) is 3.87. The van der Waals surface area contributed by atoms with Crippen molar-refractivity contribution in [3.8, 4) is 17.1 Å². The van der Waals surface area contributed by atoms with E-state index in [1.165, 1.54) is 12.1 Å². The Hall–Kier alpha value is -3.36. The highest BCUT2D eigenvalue weighted by Crippen LogP contribution is 2.37. The van der Waals surface area contributed by atoms with Gasteiger partial charge in [-0.3, -0.25) is 4.79 Å². The van der Waals surface area contributed by atoms with Gasteiger partial charge in [-0.25, -0.2) is 0 Å². The van der Waals surface area contributed by atoms with E-state index in [0.717, 1.165) is 17.7 Å². The van der Waals surface area contributed by atoms with Crippen LogP contribution in [0.2, 0.25) is 0 Å². The largest absolute Gasteiger partial charge is 0.495 e. The Morgan fingerprint density at radius 1 is 1.17 bits per heavy atom. The number of amides is 1. The van der Waals surface area contributed by atoms with Gasteiger partial charge in [-0.05, 0) is 36.8 Å². The number of methoxy groups -OCH3 is 1. The quantitative estimate of drug-likeness (QED) is 0.621. The lowest BCUT2D eigenvalue weighted by molar-refractivity contribution is -0.137. The molecule has 1 aliphatic heterocycles. The first-order chi connectivity index (χ1) is 14.3. The van der Waals surface area contributed by atoms with Gasteiger partial charge in [-0.1, -0.05) is 23.4 Å². The van der Waals surface area contributed by atoms with Crippen molar-refractivity contribution in [2.24, 2.45) is 0 Å². The fourth-order valence-electron chi connectivity index (χ4n) is 3.44. The standard InChI is InChI=1S/C21H18F3N3O3/c1-12-3-8-17(29-2)16(9-12)27-11-14(10-18(27)28)20-25-19(26-30-20)13-4-6-15(7-5-13)21(22,23)24/h3-9,14H,10-11H2,1-2H3. The number of benzene rings is 2. The average molecular weight is 417 g/mol. The van der Waals surface area contributed by atoms with Gasteiger partial charge in [0.1, 0.15) is 5.75 Å². The molecule has 1 amide bonds. The Balaban J connectivity index is 1.55. The Morgan fingerprint density at radius 2 is 1.90 bits per heavy atom. The first-order valence-corrected chi connectivity index (χ1v) is 9.22. The summed E-state index contributed by atoms with van der Waals surface area (Å²) in [6, 6.07) is 10.1. The van der Waals surface area contributed by atoms with Crippen molar-refractivity contribution in [3.63, 3.8) is 0 Å². The zero-order valence-electron chi connectivity index (χ0n) is 16.2. The monoisotopic (exact) mass is 417 g/mol. The summed E-state index contributed by atoms with van der Waals surface area (Å²) in [5.41, 5.74) is 1.32. The Labute approximate surface area is 170 Å². The maximum atomic E-state index is 12.7. The smallest absolute Gasteiger partial charge is 0.416 e. The van der Waals surface area contributed by atoms with Crippen molar-refractivity contribution < 1.29 is 27.2 Å². The van der Waals surface area contributed by atoms with Crippen LogP contribution in [-0.2, 0) is 11.0 Å². The van der Waals surface area contributed by atoms with E-state index in [9.17, 15) is 18.0 Å². The van der Waals surface area contributed by atoms with Crippen molar-refractivity contribution in [2.75, 3.05) is 18.6 Å². The predicted molar refractivity (Wildman–Crippen MR) is 102 cm³/mol. The minimum atomic E-state index is -4.41. The number of aryl methyl sites for hydroxylation is 1. The third kappa shape index (κ3) is 3.74. The summed E-state index contributed by atoms with van der Waals surface area (Å²) in [5.74, 6) is 0.618. The number of aromatic nitrogens is 2. The minimum absolute atomic E-state index is 0.0989. The van der Waals surface area contributed by atoms with Crippen LogP contribution >= 0.6 is 0 Å². The van der Waals surface area contributed by atoms with Crippen LogP contribution in [0, 0.1) is 6.92 Å². The highest BCUT2D eigenvalue weighted by atomic mass is 19.4. The van der Waals surface area contributed by atoms with Gasteiger partial charge in [0.05, 0.1) is 24.3 Å². The fraction of sp³-hybridized carbons (Fsp3) is 0.286. The number of anilines is 1. The van der Waals surface area contributed by atoms with Crippen LogP contribution in [0.4, 0.5) is 18.9 Å². The molecule has 1 saturated heterocycles. The van der Waals surface area contributed by atoms with Crippen molar-refractivity contribution >= 4 is 11.6 Å². The van der Waals surface area contributed by atoms with E-state index >= 15 is 0 Å². The molecule has 1 aromatic heterocycles. The fourth-order valence-corrected chi connectivity index (χ4v) is 3.44. The molecule has 4 rings (SSSR count). The number of carbonyl (C=O) groups excluding carboxylic acids is 1. The molecule has 30 heavy (non-hydrogen) atoms. The van der Waals surface area contributed by atoms with Crippen LogP contribution in [0.25, 0.3) is 11.4 Å². The SMILES string of the molecule is COc1ccc(C)cc1N1CC(c2nc(-c3ccc(C(F)(F)F)cc3)no2)CC1=O. The Kier molecular flexibility index (Phi) is 4.97. The van der Waals surface area contributed by atoms with Crippen LogP contribution < -0.4 is 9.64 Å². The summed E-state index contributed by atoms with van der Waals surface area (Å²) in [6.07, 6.45) is -4.22. The van der Waals surface area contributed by atoms with Gasteiger partial charge in [0.15, 0.2) is 0 Å². The molecule has 1 aliphatic rings. The van der Waals surface area contributed by atoms with E-state index in [1.54, 1.807) is 18.1 Å². The molecule has 9 heteroatoms. The highest BCUT2D eigenvalue weighted by molar-refractivity contribution is 5.97. The molecule has 1 atom stereocenters. The second kappa shape index (κ2) is 7.47. The molecule has 156 valence electrons. The second-order valence-electron chi connectivity index (χ2n) is 7.11. The lowest BCUT2D eigenvalue weighted by Gasteiger charge is -2.19. The topological polar surface area (TPSA) is 68.5 Å². The average Bonchev–Trinajstić information content (AvgIpc) is 3.34. The number of ether oxygens (including phenoxy) is 1. The van der Waals surface area contributed by atoms with Crippen LogP contribution in [0.3, 0.4) is 0 Å². The first kappa shape index (κ1) is 19.9. The zero-order valence-corrected chi connectivity index (χ0v) is 16.2. The molecule has 0 spiro atoms. The van der Waals surface area contributed by atoms with Crippen LogP contribution in [0.1, 0.15) is 29.4 Å². The summed E-state index contributed by atoms with van der Waals surface area (Å²) < 4.78 is 48.9. The van der Waals surface area contributed by atoms with Gasteiger partial charge in [0.2, 0.25) is 17.6 Å². The van der Waals surface area contributed by atoms with Gasteiger partial charge in [-0.2, -0.15) is 18.2 Å². The number of hydrogen-bond acceptors (Lipinski definition) is 5. The van der Waals surface area contributed by atoms with Crippen molar-refractivity contribution in [3.05, 3.63) is 59.5 Å². The summed E-state index contributed by atoms with van der Waals surface area (Å²) in [4.78, 5) is 18.6. The van der Waals surface area contributed by atoms with E-state index in [1.807, 2.05) is 19.1 Å². The minimum Gasteiger partial charge on any atom is -0.495 e. The molecule has 1 fully saturated rings. The second-order valence-corrected chi connectivity index (χ2v) is 7.11. The maximum absolute atomic E-state index is 12.7.